The number of hydrogen-bond acceptors (Lipinski definition) is 3. The first-order chi connectivity index (χ1) is 10.1. The summed E-state index contributed by atoms with van der Waals surface area (Å²) in [6.45, 7) is 6.99. The van der Waals surface area contributed by atoms with Gasteiger partial charge in [0.1, 0.15) is 5.76 Å². The molecule has 22 heavy (non-hydrogen) atoms. The number of aromatic nitrogens is 1. The van der Waals surface area contributed by atoms with Crippen molar-refractivity contribution in [1.82, 2.24) is 15.8 Å². The van der Waals surface area contributed by atoms with Crippen molar-refractivity contribution >= 4 is 29.9 Å². The van der Waals surface area contributed by atoms with Crippen LogP contribution in [0.2, 0.25) is 0 Å². The van der Waals surface area contributed by atoms with Gasteiger partial charge in [-0.3, -0.25) is 4.99 Å². The zero-order valence-corrected chi connectivity index (χ0v) is 16.4. The van der Waals surface area contributed by atoms with E-state index in [1.54, 1.807) is 0 Å². The Morgan fingerprint density at radius 2 is 2.00 bits per heavy atom. The second kappa shape index (κ2) is 9.37. The fourth-order valence-corrected chi connectivity index (χ4v) is 3.18. The maximum atomic E-state index is 5.25. The Bertz CT molecular complexity index is 461. The number of rotatable bonds is 4. The van der Waals surface area contributed by atoms with Crippen LogP contribution in [0, 0.1) is 13.8 Å². The Morgan fingerprint density at radius 1 is 1.32 bits per heavy atom. The van der Waals surface area contributed by atoms with E-state index in [0.717, 1.165) is 24.0 Å². The molecule has 1 fully saturated rings. The summed E-state index contributed by atoms with van der Waals surface area (Å²) in [5.74, 6) is 2.17. The van der Waals surface area contributed by atoms with E-state index in [1.165, 1.54) is 37.7 Å². The van der Waals surface area contributed by atoms with Crippen LogP contribution in [0.3, 0.4) is 0 Å². The van der Waals surface area contributed by atoms with Crippen molar-refractivity contribution in [3.63, 3.8) is 0 Å². The van der Waals surface area contributed by atoms with Gasteiger partial charge in [0.2, 0.25) is 0 Å². The molecule has 0 aromatic carbocycles. The molecule has 0 bridgehead atoms. The lowest BCUT2D eigenvalue weighted by Crippen LogP contribution is -2.45. The van der Waals surface area contributed by atoms with Gasteiger partial charge in [0.25, 0.3) is 0 Å². The van der Waals surface area contributed by atoms with Crippen molar-refractivity contribution in [2.75, 3.05) is 13.6 Å². The Hall–Kier alpha value is -0.790. The van der Waals surface area contributed by atoms with Gasteiger partial charge >= 0.3 is 0 Å². The minimum atomic E-state index is 0. The Labute approximate surface area is 150 Å². The fraction of sp³-hybridized carbons (Fsp3) is 0.750. The third-order valence-corrected chi connectivity index (χ3v) is 4.33. The maximum absolute atomic E-state index is 5.25. The van der Waals surface area contributed by atoms with Crippen LogP contribution in [0.1, 0.15) is 62.0 Å². The van der Waals surface area contributed by atoms with Crippen LogP contribution in [-0.4, -0.2) is 30.8 Å². The predicted octanol–water partition coefficient (Wildman–Crippen LogP) is 3.51. The summed E-state index contributed by atoms with van der Waals surface area (Å²) in [6.07, 6.45) is 6.52. The molecule has 126 valence electrons. The van der Waals surface area contributed by atoms with E-state index in [2.05, 4.69) is 27.7 Å². The number of nitrogens with zero attached hydrogens (tertiary/aromatic N) is 2. The van der Waals surface area contributed by atoms with E-state index >= 15 is 0 Å². The summed E-state index contributed by atoms with van der Waals surface area (Å²) in [5, 5.41) is 11.0. The van der Waals surface area contributed by atoms with E-state index in [0.29, 0.717) is 12.0 Å². The SMILES string of the molecule is CN=C(NCC(C)c1c(C)noc1C)NC1CCCCC1.I. The third kappa shape index (κ3) is 5.14. The molecule has 0 amide bonds. The largest absolute Gasteiger partial charge is 0.361 e. The molecular formula is C16H29IN4O. The first-order valence-corrected chi connectivity index (χ1v) is 8.01. The van der Waals surface area contributed by atoms with Crippen LogP contribution >= 0.6 is 24.0 Å². The number of nitrogens with one attached hydrogen (secondary N) is 2. The molecule has 1 aliphatic carbocycles. The molecule has 1 aliphatic rings. The molecule has 6 heteroatoms. The van der Waals surface area contributed by atoms with E-state index < -0.39 is 0 Å². The summed E-state index contributed by atoms with van der Waals surface area (Å²) >= 11 is 0. The Balaban J connectivity index is 0.00000242. The van der Waals surface area contributed by atoms with Crippen molar-refractivity contribution in [2.24, 2.45) is 4.99 Å². The van der Waals surface area contributed by atoms with Crippen molar-refractivity contribution in [3.05, 3.63) is 17.0 Å². The number of aliphatic imine (C=N–C) groups is 1. The highest BCUT2D eigenvalue weighted by Gasteiger charge is 2.18. The quantitative estimate of drug-likeness (QED) is 0.445. The molecular weight excluding hydrogens is 391 g/mol. The van der Waals surface area contributed by atoms with Gasteiger partial charge in [0.15, 0.2) is 5.96 Å². The molecule has 0 spiro atoms. The molecule has 0 radical (unpaired) electrons. The molecule has 0 aliphatic heterocycles. The van der Waals surface area contributed by atoms with Gasteiger partial charge in [-0.25, -0.2) is 0 Å². The molecule has 1 heterocycles. The molecule has 0 saturated heterocycles. The Morgan fingerprint density at radius 3 is 2.55 bits per heavy atom. The van der Waals surface area contributed by atoms with E-state index in [4.69, 9.17) is 4.52 Å². The summed E-state index contributed by atoms with van der Waals surface area (Å²) < 4.78 is 5.25. The monoisotopic (exact) mass is 420 g/mol. The summed E-state index contributed by atoms with van der Waals surface area (Å²) in [6, 6.07) is 0.569. The highest BCUT2D eigenvalue weighted by atomic mass is 127. The van der Waals surface area contributed by atoms with Crippen molar-refractivity contribution in [1.29, 1.82) is 0 Å². The van der Waals surface area contributed by atoms with Crippen molar-refractivity contribution < 1.29 is 4.52 Å². The Kier molecular flexibility index (Phi) is 8.20. The molecule has 1 aromatic rings. The lowest BCUT2D eigenvalue weighted by atomic mass is 9.96. The summed E-state index contributed by atoms with van der Waals surface area (Å²) in [7, 11) is 1.83. The highest BCUT2D eigenvalue weighted by Crippen LogP contribution is 2.22. The molecule has 1 saturated carbocycles. The van der Waals surface area contributed by atoms with Crippen LogP contribution in [0.15, 0.2) is 9.52 Å². The zero-order chi connectivity index (χ0) is 15.2. The number of hydrogen-bond donors (Lipinski definition) is 2. The average Bonchev–Trinajstić information content (AvgIpc) is 2.83. The highest BCUT2D eigenvalue weighted by molar-refractivity contribution is 14.0. The van der Waals surface area contributed by atoms with Gasteiger partial charge in [-0.05, 0) is 26.7 Å². The molecule has 2 N–H and O–H groups in total. The molecule has 1 unspecified atom stereocenters. The lowest BCUT2D eigenvalue weighted by molar-refractivity contribution is 0.391. The maximum Gasteiger partial charge on any atom is 0.191 e. The van der Waals surface area contributed by atoms with Crippen LogP contribution in [0.5, 0.6) is 0 Å². The van der Waals surface area contributed by atoms with Crippen LogP contribution in [0.25, 0.3) is 0 Å². The van der Waals surface area contributed by atoms with Gasteiger partial charge < -0.3 is 15.2 Å². The second-order valence-corrected chi connectivity index (χ2v) is 6.07. The fourth-order valence-electron chi connectivity index (χ4n) is 3.18. The van der Waals surface area contributed by atoms with E-state index in [9.17, 15) is 0 Å². The first kappa shape index (κ1) is 19.3. The smallest absolute Gasteiger partial charge is 0.191 e. The van der Waals surface area contributed by atoms with Gasteiger partial charge in [-0.15, -0.1) is 24.0 Å². The zero-order valence-electron chi connectivity index (χ0n) is 14.1. The van der Waals surface area contributed by atoms with Crippen LogP contribution in [0.4, 0.5) is 0 Å². The number of aryl methyl sites for hydroxylation is 2. The average molecular weight is 420 g/mol. The second-order valence-electron chi connectivity index (χ2n) is 6.07. The van der Waals surface area contributed by atoms with Gasteiger partial charge in [0, 0.05) is 31.1 Å². The minimum Gasteiger partial charge on any atom is -0.361 e. The van der Waals surface area contributed by atoms with Crippen LogP contribution in [-0.2, 0) is 0 Å². The lowest BCUT2D eigenvalue weighted by Gasteiger charge is -2.25. The summed E-state index contributed by atoms with van der Waals surface area (Å²) in [5.41, 5.74) is 2.19. The van der Waals surface area contributed by atoms with Gasteiger partial charge in [-0.1, -0.05) is 31.3 Å². The third-order valence-electron chi connectivity index (χ3n) is 4.33. The van der Waals surface area contributed by atoms with E-state index in [1.807, 2.05) is 20.9 Å². The van der Waals surface area contributed by atoms with Crippen molar-refractivity contribution in [3.8, 4) is 0 Å². The minimum absolute atomic E-state index is 0. The number of halogens is 1. The molecule has 5 nitrogen and oxygen atoms in total. The van der Waals surface area contributed by atoms with Gasteiger partial charge in [0.05, 0.1) is 5.69 Å². The van der Waals surface area contributed by atoms with Crippen LogP contribution < -0.4 is 10.6 Å². The number of guanidine groups is 1. The van der Waals surface area contributed by atoms with Gasteiger partial charge in [-0.2, -0.15) is 0 Å². The predicted molar refractivity (Wildman–Crippen MR) is 101 cm³/mol. The molecule has 2 rings (SSSR count). The summed E-state index contributed by atoms with van der Waals surface area (Å²) in [4.78, 5) is 4.34. The first-order valence-electron chi connectivity index (χ1n) is 8.01. The van der Waals surface area contributed by atoms with E-state index in [-0.39, 0.29) is 24.0 Å². The normalized spacial score (nSPS) is 17.7. The standard InChI is InChI=1S/C16H28N4O.HI/c1-11(15-12(2)20-21-13(15)3)10-18-16(17-4)19-14-8-6-5-7-9-14;/h11,14H,5-10H2,1-4H3,(H2,17,18,19);1H. The van der Waals surface area contributed by atoms with Crippen molar-refractivity contribution in [2.45, 2.75) is 64.8 Å². The molecule has 1 aromatic heterocycles. The topological polar surface area (TPSA) is 62.5 Å². The molecule has 1 atom stereocenters.